The summed E-state index contributed by atoms with van der Waals surface area (Å²) in [5, 5.41) is 10.4. The first-order chi connectivity index (χ1) is 12.6. The Morgan fingerprint density at radius 2 is 2.04 bits per heavy atom. The quantitative estimate of drug-likeness (QED) is 0.546. The molecule has 0 atom stereocenters. The summed E-state index contributed by atoms with van der Waals surface area (Å²) in [6.45, 7) is 0.187. The van der Waals surface area contributed by atoms with Crippen LogP contribution in [-0.4, -0.2) is 25.9 Å². The molecule has 26 heavy (non-hydrogen) atoms. The van der Waals surface area contributed by atoms with Crippen LogP contribution in [0.15, 0.2) is 40.3 Å². The molecule has 1 saturated carbocycles. The molecular formula is C18H16FN3O3S. The molecule has 2 aromatic heterocycles. The molecular weight excluding hydrogens is 357 g/mol. The number of aromatic hydroxyl groups is 1. The summed E-state index contributed by atoms with van der Waals surface area (Å²) < 4.78 is 21.6. The van der Waals surface area contributed by atoms with E-state index in [2.05, 4.69) is 9.97 Å². The monoisotopic (exact) mass is 373 g/mol. The molecule has 0 saturated heterocycles. The number of rotatable bonds is 5. The molecule has 0 aliphatic heterocycles. The zero-order chi connectivity index (χ0) is 18.3. The predicted octanol–water partition coefficient (Wildman–Crippen LogP) is 3.27. The number of hydrogen-bond acceptors (Lipinski definition) is 6. The van der Waals surface area contributed by atoms with Crippen LogP contribution in [0.25, 0.3) is 10.9 Å². The molecule has 6 nitrogen and oxygen atoms in total. The van der Waals surface area contributed by atoms with Gasteiger partial charge in [0.1, 0.15) is 17.5 Å². The van der Waals surface area contributed by atoms with Gasteiger partial charge in [-0.25, -0.2) is 4.98 Å². The Bertz CT molecular complexity index is 1040. The van der Waals surface area contributed by atoms with Crippen molar-refractivity contribution in [2.45, 2.75) is 30.6 Å². The third-order valence-electron chi connectivity index (χ3n) is 4.23. The van der Waals surface area contributed by atoms with E-state index in [1.807, 2.05) is 30.3 Å². The minimum atomic E-state index is -0.922. The van der Waals surface area contributed by atoms with Gasteiger partial charge in [0.05, 0.1) is 0 Å². The molecule has 0 radical (unpaired) electrons. The minimum absolute atomic E-state index is 0.0292. The third kappa shape index (κ3) is 2.90. The van der Waals surface area contributed by atoms with Crippen LogP contribution in [0.5, 0.6) is 11.8 Å². The maximum atomic E-state index is 14.7. The number of fused-ring (bicyclic) bond motifs is 1. The topological polar surface area (TPSA) is 77.2 Å². The average Bonchev–Trinajstić information content (AvgIpc) is 3.49. The Hall–Kier alpha value is -2.61. The van der Waals surface area contributed by atoms with Gasteiger partial charge in [0, 0.05) is 6.04 Å². The Kier molecular flexibility index (Phi) is 4.28. The first-order valence-electron chi connectivity index (χ1n) is 8.15. The number of halogens is 1. The Balaban J connectivity index is 1.88. The first kappa shape index (κ1) is 16.8. The second-order valence-corrected chi connectivity index (χ2v) is 6.83. The van der Waals surface area contributed by atoms with Gasteiger partial charge >= 0.3 is 0 Å². The van der Waals surface area contributed by atoms with Gasteiger partial charge in [-0.2, -0.15) is 9.37 Å². The summed E-state index contributed by atoms with van der Waals surface area (Å²) in [6.07, 6.45) is 3.19. The molecule has 4 rings (SSSR count). The van der Waals surface area contributed by atoms with Gasteiger partial charge in [-0.15, -0.1) is 0 Å². The molecule has 2 heterocycles. The normalized spacial score (nSPS) is 13.9. The van der Waals surface area contributed by atoms with E-state index in [0.717, 1.165) is 23.0 Å². The van der Waals surface area contributed by atoms with Crippen LogP contribution < -0.4 is 10.3 Å². The van der Waals surface area contributed by atoms with E-state index >= 15 is 0 Å². The molecule has 0 bridgehead atoms. The zero-order valence-corrected chi connectivity index (χ0v) is 14.8. The van der Waals surface area contributed by atoms with Crippen molar-refractivity contribution < 1.29 is 14.2 Å². The van der Waals surface area contributed by atoms with Crippen LogP contribution in [0.3, 0.4) is 0 Å². The predicted molar refractivity (Wildman–Crippen MR) is 96.2 cm³/mol. The maximum Gasteiger partial charge on any atom is 0.268 e. The van der Waals surface area contributed by atoms with Crippen LogP contribution in [0.1, 0.15) is 24.4 Å². The number of benzene rings is 1. The summed E-state index contributed by atoms with van der Waals surface area (Å²) in [4.78, 5) is 21.2. The van der Waals surface area contributed by atoms with Crippen molar-refractivity contribution in [1.29, 1.82) is 0 Å². The highest BCUT2D eigenvalue weighted by atomic mass is 32.2. The number of ether oxygens (including phenoxy) is 1. The lowest BCUT2D eigenvalue weighted by atomic mass is 10.2. The molecule has 1 aliphatic rings. The Labute approximate surface area is 152 Å². The molecule has 134 valence electrons. The van der Waals surface area contributed by atoms with Crippen LogP contribution in [0, 0.1) is 5.82 Å². The van der Waals surface area contributed by atoms with Crippen molar-refractivity contribution in [3.63, 3.8) is 0 Å². The van der Waals surface area contributed by atoms with E-state index in [9.17, 15) is 14.3 Å². The number of pyridine rings is 1. The van der Waals surface area contributed by atoms with Crippen molar-refractivity contribution in [2.24, 2.45) is 0 Å². The average molecular weight is 373 g/mol. The molecule has 3 aromatic rings. The minimum Gasteiger partial charge on any atom is -0.492 e. The maximum absolute atomic E-state index is 14.7. The van der Waals surface area contributed by atoms with Gasteiger partial charge in [-0.1, -0.05) is 42.1 Å². The molecule has 1 N–H and O–H groups in total. The summed E-state index contributed by atoms with van der Waals surface area (Å²) in [7, 11) is 0. The van der Waals surface area contributed by atoms with Crippen molar-refractivity contribution in [2.75, 3.05) is 6.26 Å². The highest BCUT2D eigenvalue weighted by molar-refractivity contribution is 7.98. The molecule has 1 aliphatic carbocycles. The van der Waals surface area contributed by atoms with E-state index in [-0.39, 0.29) is 34.6 Å². The summed E-state index contributed by atoms with van der Waals surface area (Å²) in [5.74, 6) is -1.57. The highest BCUT2D eigenvalue weighted by Crippen LogP contribution is 2.39. The number of aromatic nitrogens is 3. The van der Waals surface area contributed by atoms with Crippen LogP contribution in [0.4, 0.5) is 4.39 Å². The van der Waals surface area contributed by atoms with E-state index in [0.29, 0.717) is 0 Å². The van der Waals surface area contributed by atoms with E-state index in [1.165, 1.54) is 11.8 Å². The highest BCUT2D eigenvalue weighted by Gasteiger charge is 2.32. The second kappa shape index (κ2) is 6.60. The van der Waals surface area contributed by atoms with Crippen molar-refractivity contribution >= 4 is 22.7 Å². The smallest absolute Gasteiger partial charge is 0.268 e. The lowest BCUT2D eigenvalue weighted by molar-refractivity contribution is 0.294. The molecule has 0 amide bonds. The van der Waals surface area contributed by atoms with Gasteiger partial charge < -0.3 is 9.84 Å². The van der Waals surface area contributed by atoms with Gasteiger partial charge in [0.15, 0.2) is 5.16 Å². The van der Waals surface area contributed by atoms with Crippen molar-refractivity contribution in [1.82, 2.24) is 14.5 Å². The second-order valence-electron chi connectivity index (χ2n) is 6.06. The Morgan fingerprint density at radius 3 is 2.69 bits per heavy atom. The fourth-order valence-corrected chi connectivity index (χ4v) is 3.15. The van der Waals surface area contributed by atoms with Gasteiger partial charge in [-0.05, 0) is 24.7 Å². The number of thioether (sulfide) groups is 1. The molecule has 1 fully saturated rings. The molecule has 8 heteroatoms. The SMILES string of the molecule is CSc1nc(OCc2ccccc2)c2c(=O)n(C3CC3)c(O)c(F)c2n1. The standard InChI is InChI=1S/C18H16FN3O3S/c1-26-18-20-14-12(15(21-18)25-9-10-5-3-2-4-6-10)16(23)22(11-7-8-11)17(24)13(14)19/h2-6,11,24H,7-9H2,1H3. The van der Waals surface area contributed by atoms with Crippen molar-refractivity contribution in [3.05, 3.63) is 52.1 Å². The van der Waals surface area contributed by atoms with Crippen LogP contribution >= 0.6 is 11.8 Å². The lowest BCUT2D eigenvalue weighted by Gasteiger charge is -2.13. The summed E-state index contributed by atoms with van der Waals surface area (Å²) >= 11 is 1.20. The Morgan fingerprint density at radius 1 is 1.31 bits per heavy atom. The summed E-state index contributed by atoms with van der Waals surface area (Å²) in [6, 6.07) is 9.22. The largest absolute Gasteiger partial charge is 0.492 e. The summed E-state index contributed by atoms with van der Waals surface area (Å²) in [5.41, 5.74) is 0.149. The van der Waals surface area contributed by atoms with Gasteiger partial charge in [0.25, 0.3) is 5.56 Å². The van der Waals surface area contributed by atoms with E-state index in [4.69, 9.17) is 4.74 Å². The fraction of sp³-hybridized carbons (Fsp3) is 0.278. The lowest BCUT2D eigenvalue weighted by Crippen LogP contribution is -2.22. The number of hydrogen-bond donors (Lipinski definition) is 1. The number of nitrogens with zero attached hydrogens (tertiary/aromatic N) is 3. The van der Waals surface area contributed by atoms with Crippen LogP contribution in [0.2, 0.25) is 0 Å². The third-order valence-corrected chi connectivity index (χ3v) is 4.78. The van der Waals surface area contributed by atoms with Gasteiger partial charge in [0.2, 0.25) is 17.6 Å². The molecule has 0 spiro atoms. The molecule has 0 unspecified atom stereocenters. The van der Waals surface area contributed by atoms with Crippen LogP contribution in [-0.2, 0) is 6.61 Å². The van der Waals surface area contributed by atoms with Gasteiger partial charge in [-0.3, -0.25) is 9.36 Å². The van der Waals surface area contributed by atoms with Crippen molar-refractivity contribution in [3.8, 4) is 11.8 Å². The van der Waals surface area contributed by atoms with E-state index in [1.54, 1.807) is 6.26 Å². The molecule has 1 aromatic carbocycles. The zero-order valence-electron chi connectivity index (χ0n) is 14.0. The first-order valence-corrected chi connectivity index (χ1v) is 9.38. The fourth-order valence-electron chi connectivity index (χ4n) is 2.79. The van der Waals surface area contributed by atoms with E-state index < -0.39 is 17.3 Å².